The maximum Gasteiger partial charge on any atom is 0.260 e. The minimum atomic E-state index is -0.0939. The number of H-pyrrole nitrogens is 1. The van der Waals surface area contributed by atoms with E-state index in [0.29, 0.717) is 23.2 Å². The van der Waals surface area contributed by atoms with E-state index in [0.717, 1.165) is 61.0 Å². The molecule has 1 aliphatic rings. The van der Waals surface area contributed by atoms with Crippen molar-refractivity contribution in [3.8, 4) is 22.9 Å². The van der Waals surface area contributed by atoms with Crippen molar-refractivity contribution in [3.63, 3.8) is 0 Å². The number of nitrogens with zero attached hydrogens (tertiary/aromatic N) is 2. The van der Waals surface area contributed by atoms with Crippen molar-refractivity contribution in [1.82, 2.24) is 14.9 Å². The Labute approximate surface area is 223 Å². The van der Waals surface area contributed by atoms with E-state index in [1.807, 2.05) is 11.0 Å². The van der Waals surface area contributed by atoms with Gasteiger partial charge in [0.2, 0.25) is 0 Å². The summed E-state index contributed by atoms with van der Waals surface area (Å²) in [5.41, 5.74) is 2.05. The monoisotopic (exact) mass is 525 g/mol. The maximum atomic E-state index is 13.2. The second kappa shape index (κ2) is 11.3. The van der Waals surface area contributed by atoms with Crippen molar-refractivity contribution in [2.24, 2.45) is 11.3 Å². The third-order valence-electron chi connectivity index (χ3n) is 7.27. The first-order valence-corrected chi connectivity index (χ1v) is 14.1. The van der Waals surface area contributed by atoms with Crippen LogP contribution in [0.15, 0.2) is 23.0 Å². The first-order valence-electron chi connectivity index (χ1n) is 13.3. The Morgan fingerprint density at radius 1 is 1.19 bits per heavy atom. The summed E-state index contributed by atoms with van der Waals surface area (Å²) in [6, 6.07) is 5.40. The highest BCUT2D eigenvalue weighted by Gasteiger charge is 2.31. The molecule has 2 heterocycles. The van der Waals surface area contributed by atoms with E-state index in [2.05, 4.69) is 39.6 Å². The lowest BCUT2D eigenvalue weighted by molar-refractivity contribution is -0.133. The molecule has 0 bridgehead atoms. The van der Waals surface area contributed by atoms with Crippen molar-refractivity contribution in [2.75, 3.05) is 26.8 Å². The average molecular weight is 526 g/mol. The van der Waals surface area contributed by atoms with Gasteiger partial charge in [0.25, 0.3) is 11.5 Å². The number of amides is 1. The molecule has 0 spiro atoms. The molecular formula is C29H39N3O4S. The van der Waals surface area contributed by atoms with Gasteiger partial charge in [-0.25, -0.2) is 4.98 Å². The van der Waals surface area contributed by atoms with E-state index in [1.165, 1.54) is 10.4 Å². The fourth-order valence-corrected chi connectivity index (χ4v) is 6.43. The minimum Gasteiger partial charge on any atom is -0.493 e. The molecule has 8 heteroatoms. The number of hydrogen-bond donors (Lipinski definition) is 1. The van der Waals surface area contributed by atoms with Gasteiger partial charge in [0, 0.05) is 23.5 Å². The number of nitrogens with one attached hydrogen (secondary N) is 1. The molecule has 1 aromatic carbocycles. The van der Waals surface area contributed by atoms with Crippen molar-refractivity contribution < 1.29 is 14.3 Å². The maximum absolute atomic E-state index is 13.2. The molecule has 1 atom stereocenters. The zero-order chi connectivity index (χ0) is 26.7. The molecule has 1 N–H and O–H groups in total. The highest BCUT2D eigenvalue weighted by atomic mass is 32.1. The first kappa shape index (κ1) is 27.2. The van der Waals surface area contributed by atoms with Gasteiger partial charge in [-0.05, 0) is 67.2 Å². The highest BCUT2D eigenvalue weighted by Crippen LogP contribution is 2.42. The number of methoxy groups -OCH3 is 1. The lowest BCUT2D eigenvalue weighted by Gasteiger charge is -2.33. The predicted molar refractivity (Wildman–Crippen MR) is 150 cm³/mol. The van der Waals surface area contributed by atoms with Gasteiger partial charge >= 0.3 is 0 Å². The van der Waals surface area contributed by atoms with Crippen molar-refractivity contribution in [2.45, 2.75) is 66.7 Å². The molecule has 0 saturated carbocycles. The van der Waals surface area contributed by atoms with Crippen LogP contribution in [0.3, 0.4) is 0 Å². The summed E-state index contributed by atoms with van der Waals surface area (Å²) in [6.07, 6.45) is 4.84. The quantitative estimate of drug-likeness (QED) is 0.379. The molecule has 1 unspecified atom stereocenters. The molecule has 37 heavy (non-hydrogen) atoms. The van der Waals surface area contributed by atoms with E-state index in [1.54, 1.807) is 30.6 Å². The van der Waals surface area contributed by atoms with Gasteiger partial charge in [-0.3, -0.25) is 9.59 Å². The summed E-state index contributed by atoms with van der Waals surface area (Å²) < 4.78 is 11.4. The average Bonchev–Trinajstić information content (AvgIpc) is 3.24. The standard InChI is InChI=1S/C29H39N3O4S/c1-7-13-32(14-8-2)24(33)17-36-21-12-9-18(15-22(21)35-6)26-30-27(34)25-20-11-10-19(29(3,4)5)16-23(20)37-28(25)31-26/h9,12,15,19H,7-8,10-11,13-14,16-17H2,1-6H3,(H,30,31,34). The Morgan fingerprint density at radius 2 is 1.92 bits per heavy atom. The smallest absolute Gasteiger partial charge is 0.260 e. The Balaban J connectivity index is 1.58. The summed E-state index contributed by atoms with van der Waals surface area (Å²) in [5.74, 6) is 2.04. The molecule has 2 aromatic heterocycles. The van der Waals surface area contributed by atoms with E-state index in [-0.39, 0.29) is 23.5 Å². The number of benzene rings is 1. The summed E-state index contributed by atoms with van der Waals surface area (Å²) in [7, 11) is 1.56. The first-order chi connectivity index (χ1) is 17.7. The number of thiophene rings is 1. The van der Waals surface area contributed by atoms with E-state index in [4.69, 9.17) is 14.5 Å². The van der Waals surface area contributed by atoms with Crippen molar-refractivity contribution in [1.29, 1.82) is 0 Å². The second-order valence-corrected chi connectivity index (χ2v) is 12.0. The summed E-state index contributed by atoms with van der Waals surface area (Å²) in [6.45, 7) is 12.4. The topological polar surface area (TPSA) is 84.5 Å². The highest BCUT2D eigenvalue weighted by molar-refractivity contribution is 7.18. The van der Waals surface area contributed by atoms with Crippen LogP contribution in [-0.2, 0) is 17.6 Å². The van der Waals surface area contributed by atoms with Gasteiger partial charge in [-0.2, -0.15) is 0 Å². The van der Waals surface area contributed by atoms with Crippen molar-refractivity contribution >= 4 is 27.5 Å². The number of carbonyl (C=O) groups excluding carboxylic acids is 1. The number of ether oxygens (including phenoxy) is 2. The summed E-state index contributed by atoms with van der Waals surface area (Å²) in [4.78, 5) is 37.5. The third kappa shape index (κ3) is 5.84. The van der Waals surface area contributed by atoms with Gasteiger partial charge < -0.3 is 19.4 Å². The fourth-order valence-electron chi connectivity index (χ4n) is 5.13. The van der Waals surface area contributed by atoms with Crippen LogP contribution in [0.5, 0.6) is 11.5 Å². The molecule has 3 aromatic rings. The fraction of sp³-hybridized carbons (Fsp3) is 0.552. The minimum absolute atomic E-state index is 0.0401. The van der Waals surface area contributed by atoms with E-state index >= 15 is 0 Å². The van der Waals surface area contributed by atoms with Crippen LogP contribution in [0, 0.1) is 11.3 Å². The van der Waals surface area contributed by atoms with Crippen molar-refractivity contribution in [3.05, 3.63) is 39.0 Å². The van der Waals surface area contributed by atoms with Gasteiger partial charge in [-0.15, -0.1) is 11.3 Å². The van der Waals surface area contributed by atoms with Crippen LogP contribution in [0.4, 0.5) is 0 Å². The lowest BCUT2D eigenvalue weighted by Crippen LogP contribution is -2.36. The zero-order valence-corrected chi connectivity index (χ0v) is 23.7. The number of aromatic nitrogens is 2. The number of aryl methyl sites for hydroxylation is 1. The lowest BCUT2D eigenvalue weighted by atomic mass is 9.72. The SMILES string of the molecule is CCCN(CCC)C(=O)COc1ccc(-c2nc3sc4c(c3c(=O)[nH]2)CCC(C(C)(C)C)C4)cc1OC. The number of aromatic amines is 1. The molecule has 200 valence electrons. The molecule has 0 radical (unpaired) electrons. The van der Waals surface area contributed by atoms with Gasteiger partial charge in [0.05, 0.1) is 12.5 Å². The largest absolute Gasteiger partial charge is 0.493 e. The Kier molecular flexibility index (Phi) is 8.26. The number of carbonyl (C=O) groups is 1. The third-order valence-corrected chi connectivity index (χ3v) is 8.42. The van der Waals surface area contributed by atoms with Crippen LogP contribution in [0.25, 0.3) is 21.6 Å². The van der Waals surface area contributed by atoms with E-state index in [9.17, 15) is 9.59 Å². The van der Waals surface area contributed by atoms with Gasteiger partial charge in [0.1, 0.15) is 10.7 Å². The summed E-state index contributed by atoms with van der Waals surface area (Å²) >= 11 is 1.65. The van der Waals surface area contributed by atoms with Crippen LogP contribution < -0.4 is 15.0 Å². The molecular weight excluding hydrogens is 486 g/mol. The summed E-state index contributed by atoms with van der Waals surface area (Å²) in [5, 5.41) is 0.741. The Morgan fingerprint density at radius 3 is 2.57 bits per heavy atom. The van der Waals surface area contributed by atoms with Crippen LogP contribution in [-0.4, -0.2) is 47.6 Å². The normalized spacial score (nSPS) is 15.5. The zero-order valence-electron chi connectivity index (χ0n) is 22.9. The van der Waals surface area contributed by atoms with Gasteiger partial charge in [-0.1, -0.05) is 34.6 Å². The predicted octanol–water partition coefficient (Wildman–Crippen LogP) is 5.84. The molecule has 0 aliphatic heterocycles. The Bertz CT molecular complexity index is 1320. The van der Waals surface area contributed by atoms with Gasteiger partial charge in [0.15, 0.2) is 18.1 Å². The molecule has 0 fully saturated rings. The van der Waals surface area contributed by atoms with Crippen LogP contribution in [0.2, 0.25) is 0 Å². The van der Waals surface area contributed by atoms with E-state index < -0.39 is 0 Å². The molecule has 4 rings (SSSR count). The Hall–Kier alpha value is -2.87. The molecule has 1 aliphatic carbocycles. The number of hydrogen-bond acceptors (Lipinski definition) is 6. The number of fused-ring (bicyclic) bond motifs is 3. The molecule has 1 amide bonds. The number of rotatable bonds is 9. The molecule has 7 nitrogen and oxygen atoms in total. The second-order valence-electron chi connectivity index (χ2n) is 10.9. The molecule has 0 saturated heterocycles. The van der Waals surface area contributed by atoms with Crippen LogP contribution in [0.1, 0.15) is 64.3 Å². The van der Waals surface area contributed by atoms with Crippen LogP contribution >= 0.6 is 11.3 Å².